The van der Waals surface area contributed by atoms with E-state index in [0.717, 1.165) is 22.0 Å². The van der Waals surface area contributed by atoms with E-state index in [0.29, 0.717) is 6.42 Å². The predicted molar refractivity (Wildman–Crippen MR) is 81.3 cm³/mol. The molecule has 0 atom stereocenters. The highest BCUT2D eigenvalue weighted by Crippen LogP contribution is 2.31. The number of aryl methyl sites for hydroxylation is 1. The first kappa shape index (κ1) is 18.0. The van der Waals surface area contributed by atoms with Gasteiger partial charge in [0, 0.05) is 13.1 Å². The van der Waals surface area contributed by atoms with Gasteiger partial charge in [0.05, 0.1) is 18.4 Å². The van der Waals surface area contributed by atoms with Crippen molar-refractivity contribution in [1.82, 2.24) is 15.1 Å². The quantitative estimate of drug-likeness (QED) is 0.848. The second-order valence-corrected chi connectivity index (χ2v) is 5.20. The van der Waals surface area contributed by atoms with E-state index in [1.54, 1.807) is 24.3 Å². The van der Waals surface area contributed by atoms with E-state index in [2.05, 4.69) is 10.4 Å². The zero-order valence-electron chi connectivity index (χ0n) is 13.1. The topological polar surface area (TPSA) is 67.2 Å². The number of nitrogens with one attached hydrogen (secondary N) is 1. The minimum Gasteiger partial charge on any atom is -0.392 e. The number of nitrogens with zero attached hydrogens (tertiary/aromatic N) is 2. The number of rotatable bonds is 6. The maximum atomic E-state index is 13.1. The molecule has 130 valence electrons. The fourth-order valence-corrected chi connectivity index (χ4v) is 2.32. The van der Waals surface area contributed by atoms with Crippen molar-refractivity contribution in [3.8, 4) is 0 Å². The molecule has 0 saturated heterocycles. The van der Waals surface area contributed by atoms with E-state index >= 15 is 0 Å². The average Bonchev–Trinajstić information content (AvgIpc) is 3.00. The van der Waals surface area contributed by atoms with Crippen LogP contribution in [0.2, 0.25) is 0 Å². The lowest BCUT2D eigenvalue weighted by molar-refractivity contribution is -0.144. The van der Waals surface area contributed by atoms with Crippen LogP contribution in [0.3, 0.4) is 0 Å². The molecule has 0 spiro atoms. The molecular weight excluding hydrogens is 323 g/mol. The van der Waals surface area contributed by atoms with Gasteiger partial charge in [0.25, 0.3) is 5.91 Å². The highest BCUT2D eigenvalue weighted by molar-refractivity contribution is 5.95. The first-order valence-corrected chi connectivity index (χ1v) is 7.46. The number of alkyl halides is 3. The standard InChI is InChI=1S/C16H18F3N3O2/c1-2-22-14(16(17,18)19)13(9-21-22)15(24)20-8-7-11-3-5-12(10-23)6-4-11/h3-6,9,23H,2,7-8,10H2,1H3,(H,20,24). The van der Waals surface area contributed by atoms with Crippen LogP contribution in [-0.2, 0) is 25.7 Å². The third-order valence-corrected chi connectivity index (χ3v) is 3.56. The summed E-state index contributed by atoms with van der Waals surface area (Å²) in [6, 6.07) is 7.11. The van der Waals surface area contributed by atoms with Gasteiger partial charge < -0.3 is 10.4 Å². The number of amides is 1. The predicted octanol–water partition coefficient (Wildman–Crippen LogP) is 2.39. The smallest absolute Gasteiger partial charge is 0.392 e. The van der Waals surface area contributed by atoms with Crippen molar-refractivity contribution in [1.29, 1.82) is 0 Å². The molecule has 0 radical (unpaired) electrons. The summed E-state index contributed by atoms with van der Waals surface area (Å²) >= 11 is 0. The molecule has 5 nitrogen and oxygen atoms in total. The fraction of sp³-hybridized carbons (Fsp3) is 0.375. The molecule has 24 heavy (non-hydrogen) atoms. The molecule has 1 aromatic heterocycles. The molecular formula is C16H18F3N3O2. The first-order chi connectivity index (χ1) is 11.4. The van der Waals surface area contributed by atoms with Gasteiger partial charge in [0.15, 0.2) is 5.69 Å². The number of aliphatic hydroxyl groups excluding tert-OH is 1. The lowest BCUT2D eigenvalue weighted by Gasteiger charge is -2.11. The maximum Gasteiger partial charge on any atom is 0.433 e. The van der Waals surface area contributed by atoms with Crippen molar-refractivity contribution in [2.75, 3.05) is 6.54 Å². The van der Waals surface area contributed by atoms with Gasteiger partial charge in [-0.3, -0.25) is 9.48 Å². The fourth-order valence-electron chi connectivity index (χ4n) is 2.32. The molecule has 0 aliphatic rings. The minimum atomic E-state index is -4.64. The molecule has 2 N–H and O–H groups in total. The molecule has 2 rings (SSSR count). The summed E-state index contributed by atoms with van der Waals surface area (Å²) in [7, 11) is 0. The molecule has 1 heterocycles. The molecule has 0 aliphatic heterocycles. The molecule has 2 aromatic rings. The van der Waals surface area contributed by atoms with Gasteiger partial charge in [-0.2, -0.15) is 18.3 Å². The summed E-state index contributed by atoms with van der Waals surface area (Å²) < 4.78 is 40.0. The average molecular weight is 341 g/mol. The molecule has 0 fully saturated rings. The third kappa shape index (κ3) is 4.14. The number of halogens is 3. The Labute approximate surface area is 137 Å². The first-order valence-electron chi connectivity index (χ1n) is 7.46. The van der Waals surface area contributed by atoms with Crippen LogP contribution in [0.4, 0.5) is 13.2 Å². The van der Waals surface area contributed by atoms with Crippen molar-refractivity contribution in [2.24, 2.45) is 0 Å². The zero-order chi connectivity index (χ0) is 17.7. The number of carbonyl (C=O) groups is 1. The Morgan fingerprint density at radius 2 is 1.88 bits per heavy atom. The van der Waals surface area contributed by atoms with Gasteiger partial charge in [0.1, 0.15) is 0 Å². The molecule has 1 aromatic carbocycles. The number of hydrogen-bond acceptors (Lipinski definition) is 3. The maximum absolute atomic E-state index is 13.1. The highest BCUT2D eigenvalue weighted by atomic mass is 19.4. The van der Waals surface area contributed by atoms with Gasteiger partial charge >= 0.3 is 6.18 Å². The summed E-state index contributed by atoms with van der Waals surface area (Å²) in [5.41, 5.74) is 0.173. The lowest BCUT2D eigenvalue weighted by Crippen LogP contribution is -2.28. The van der Waals surface area contributed by atoms with Crippen molar-refractivity contribution < 1.29 is 23.1 Å². The number of carbonyl (C=O) groups excluding carboxylic acids is 1. The van der Waals surface area contributed by atoms with Crippen LogP contribution >= 0.6 is 0 Å². The van der Waals surface area contributed by atoms with E-state index in [4.69, 9.17) is 5.11 Å². The molecule has 0 saturated carbocycles. The molecule has 0 bridgehead atoms. The van der Waals surface area contributed by atoms with Crippen molar-refractivity contribution in [3.63, 3.8) is 0 Å². The van der Waals surface area contributed by atoms with Gasteiger partial charge in [0.2, 0.25) is 0 Å². The van der Waals surface area contributed by atoms with E-state index in [1.165, 1.54) is 6.92 Å². The summed E-state index contributed by atoms with van der Waals surface area (Å²) in [5.74, 6) is -0.797. The third-order valence-electron chi connectivity index (χ3n) is 3.56. The second-order valence-electron chi connectivity index (χ2n) is 5.20. The largest absolute Gasteiger partial charge is 0.433 e. The SMILES string of the molecule is CCn1ncc(C(=O)NCCc2ccc(CO)cc2)c1C(F)(F)F. The zero-order valence-corrected chi connectivity index (χ0v) is 13.1. The van der Waals surface area contributed by atoms with Crippen LogP contribution in [0, 0.1) is 0 Å². The Morgan fingerprint density at radius 1 is 1.25 bits per heavy atom. The van der Waals surface area contributed by atoms with Crippen LogP contribution < -0.4 is 5.32 Å². The highest BCUT2D eigenvalue weighted by Gasteiger charge is 2.39. The monoisotopic (exact) mass is 341 g/mol. The van der Waals surface area contributed by atoms with Gasteiger partial charge in [-0.05, 0) is 24.5 Å². The summed E-state index contributed by atoms with van der Waals surface area (Å²) in [4.78, 5) is 12.0. The van der Waals surface area contributed by atoms with E-state index < -0.39 is 23.3 Å². The van der Waals surface area contributed by atoms with Crippen LogP contribution in [0.5, 0.6) is 0 Å². The Morgan fingerprint density at radius 3 is 2.42 bits per heavy atom. The van der Waals surface area contributed by atoms with E-state index in [-0.39, 0.29) is 19.7 Å². The Hall–Kier alpha value is -2.35. The van der Waals surface area contributed by atoms with E-state index in [9.17, 15) is 18.0 Å². The van der Waals surface area contributed by atoms with Crippen molar-refractivity contribution >= 4 is 5.91 Å². The van der Waals surface area contributed by atoms with Crippen molar-refractivity contribution in [3.05, 3.63) is 52.8 Å². The van der Waals surface area contributed by atoms with Gasteiger partial charge in [-0.1, -0.05) is 24.3 Å². The molecule has 0 unspecified atom stereocenters. The molecule has 8 heteroatoms. The summed E-state index contributed by atoms with van der Waals surface area (Å²) in [6.07, 6.45) is -3.22. The normalized spacial score (nSPS) is 11.5. The summed E-state index contributed by atoms with van der Waals surface area (Å²) in [5, 5.41) is 15.1. The number of benzene rings is 1. The van der Waals surface area contributed by atoms with Gasteiger partial charge in [-0.25, -0.2) is 0 Å². The number of hydrogen-bond donors (Lipinski definition) is 2. The Bertz CT molecular complexity index is 694. The van der Waals surface area contributed by atoms with E-state index in [1.807, 2.05) is 0 Å². The van der Waals surface area contributed by atoms with Crippen LogP contribution in [0.1, 0.15) is 34.1 Å². The molecule has 1 amide bonds. The Balaban J connectivity index is 2.01. The van der Waals surface area contributed by atoms with Crippen LogP contribution in [-0.4, -0.2) is 27.3 Å². The van der Waals surface area contributed by atoms with Crippen LogP contribution in [0.15, 0.2) is 30.5 Å². The number of aliphatic hydroxyl groups is 1. The lowest BCUT2D eigenvalue weighted by atomic mass is 10.1. The number of aromatic nitrogens is 2. The Kier molecular flexibility index (Phi) is 5.61. The summed E-state index contributed by atoms with van der Waals surface area (Å²) in [6.45, 7) is 1.70. The second kappa shape index (κ2) is 7.48. The van der Waals surface area contributed by atoms with Crippen molar-refractivity contribution in [2.45, 2.75) is 32.7 Å². The molecule has 0 aliphatic carbocycles. The minimum absolute atomic E-state index is 0.0271. The van der Waals surface area contributed by atoms with Crippen LogP contribution in [0.25, 0.3) is 0 Å². The van der Waals surface area contributed by atoms with Gasteiger partial charge in [-0.15, -0.1) is 0 Å².